The van der Waals surface area contributed by atoms with Gasteiger partial charge in [-0.15, -0.1) is 0 Å². The topological polar surface area (TPSA) is 213 Å². The molecule has 0 fully saturated rings. The molecule has 4 rings (SSSR count). The molecule has 0 amide bonds. The maximum atomic E-state index is 10.3. The molecule has 4 aromatic carbocycles. The van der Waals surface area contributed by atoms with E-state index >= 15 is 0 Å². The van der Waals surface area contributed by atoms with Crippen LogP contribution in [-0.4, -0.2) is 55.5 Å². The number of carboxylic acids is 2. The number of aromatic carboxylic acids is 2. The van der Waals surface area contributed by atoms with Crippen molar-refractivity contribution in [3.63, 3.8) is 0 Å². The summed E-state index contributed by atoms with van der Waals surface area (Å²) < 4.78 is 31.0. The Hall–Kier alpha value is -3.78. The van der Waals surface area contributed by atoms with Crippen molar-refractivity contribution in [2.24, 2.45) is 0 Å². The number of phenolic OH excluding ortho intramolecular Hbond substituents is 3. The van der Waals surface area contributed by atoms with Crippen LogP contribution in [-0.2, 0) is 10.1 Å². The van der Waals surface area contributed by atoms with Gasteiger partial charge >= 0.3 is 41.5 Å². The molecule has 206 valence electrons. The molecule has 11 nitrogen and oxygen atoms in total. The monoisotopic (exact) mass is 600 g/mol. The zero-order chi connectivity index (χ0) is 29.6. The summed E-state index contributed by atoms with van der Waals surface area (Å²) in [6.07, 6.45) is 0. The van der Waals surface area contributed by atoms with E-state index in [1.807, 2.05) is 0 Å². The fourth-order valence-electron chi connectivity index (χ4n) is 2.37. The first-order valence-corrected chi connectivity index (χ1v) is 12.2. The van der Waals surface area contributed by atoms with Crippen molar-refractivity contribution in [3.8, 4) is 23.0 Å². The molecule has 14 heteroatoms. The van der Waals surface area contributed by atoms with Crippen LogP contribution in [0.1, 0.15) is 20.7 Å². The summed E-state index contributed by atoms with van der Waals surface area (Å²) in [7, 11) is -4.53. The quantitative estimate of drug-likeness (QED) is 0.146. The smallest absolute Gasteiger partial charge is 0.744 e. The molecule has 6 N–H and O–H groups in total. The first-order valence-electron chi connectivity index (χ1n) is 10.4. The van der Waals surface area contributed by atoms with Crippen LogP contribution in [0.4, 0.5) is 0 Å². The van der Waals surface area contributed by atoms with Gasteiger partial charge in [0.2, 0.25) is 0 Å². The van der Waals surface area contributed by atoms with Gasteiger partial charge in [-0.3, -0.25) is 0 Å². The van der Waals surface area contributed by atoms with E-state index in [2.05, 4.69) is 0 Å². The second-order valence-corrected chi connectivity index (χ2v) is 8.86. The van der Waals surface area contributed by atoms with Crippen molar-refractivity contribution in [1.29, 1.82) is 0 Å². The van der Waals surface area contributed by atoms with Gasteiger partial charge in [0.15, 0.2) is 0 Å². The van der Waals surface area contributed by atoms with Crippen molar-refractivity contribution in [1.82, 2.24) is 0 Å². The first-order chi connectivity index (χ1) is 18.2. The molecular formula is C26H22ClNaO11S. The Balaban J connectivity index is 0.000000505. The minimum Gasteiger partial charge on any atom is -0.744 e. The summed E-state index contributed by atoms with van der Waals surface area (Å²) in [4.78, 5) is 19.9. The summed E-state index contributed by atoms with van der Waals surface area (Å²) in [6.45, 7) is 0. The number of hydrogen-bond donors (Lipinski definition) is 6. The normalized spacial score (nSPS) is 9.55. The van der Waals surface area contributed by atoms with Crippen molar-refractivity contribution in [3.05, 3.63) is 113 Å². The summed E-state index contributed by atoms with van der Waals surface area (Å²) in [5, 5.41) is 52.7. The molecule has 0 aliphatic heterocycles. The molecular weight excluding hydrogens is 579 g/mol. The fraction of sp³-hybridized carbons (Fsp3) is 0. The average molecular weight is 601 g/mol. The second-order valence-electron chi connectivity index (χ2n) is 7.07. The van der Waals surface area contributed by atoms with Crippen LogP contribution in [0.2, 0.25) is 5.02 Å². The van der Waals surface area contributed by atoms with Gasteiger partial charge in [-0.1, -0.05) is 35.9 Å². The standard InChI is InChI=1S/2C7H6O3.C6H5ClO.C6H6O4S.Na/c8-6-3-1-5(2-4-6)7(9)10;8-6-4-2-1-3-5(6)7(9)10;7-5-1-3-6(8)4-2-5;7-5-3-1-2-4-6(5)11(8,9)10;/h2*1-4,8H,(H,9,10);1-4,8H;1-4,7H,(H,8,9,10);/q;;;;+1/p-1. The van der Waals surface area contributed by atoms with Crippen LogP contribution >= 0.6 is 11.6 Å². The van der Waals surface area contributed by atoms with E-state index in [1.165, 1.54) is 48.5 Å². The van der Waals surface area contributed by atoms with E-state index < -0.39 is 32.7 Å². The van der Waals surface area contributed by atoms with Crippen LogP contribution in [0.25, 0.3) is 0 Å². The SMILES string of the molecule is O=C(O)c1ccc(O)cc1.O=C(O)c1ccccc1O.O=S(=O)([O-])c1ccccc1O.Oc1ccc(Cl)cc1.[Na+]. The summed E-state index contributed by atoms with van der Waals surface area (Å²) in [5.74, 6) is -2.49. The number of hydrogen-bond acceptors (Lipinski definition) is 9. The van der Waals surface area contributed by atoms with E-state index in [4.69, 9.17) is 42.2 Å². The molecule has 0 unspecified atom stereocenters. The number of halogens is 1. The van der Waals surface area contributed by atoms with E-state index in [1.54, 1.807) is 36.4 Å². The number of phenols is 4. The first kappa shape index (κ1) is 36.2. The van der Waals surface area contributed by atoms with Crippen LogP contribution in [0.3, 0.4) is 0 Å². The predicted molar refractivity (Wildman–Crippen MR) is 139 cm³/mol. The van der Waals surface area contributed by atoms with Crippen molar-refractivity contribution < 1.29 is 82.8 Å². The molecule has 0 bridgehead atoms. The second kappa shape index (κ2) is 17.7. The number of para-hydroxylation sites is 2. The molecule has 40 heavy (non-hydrogen) atoms. The van der Waals surface area contributed by atoms with Crippen molar-refractivity contribution >= 4 is 33.7 Å². The Morgan fingerprint density at radius 2 is 1.05 bits per heavy atom. The van der Waals surface area contributed by atoms with Gasteiger partial charge in [-0.25, -0.2) is 18.0 Å². The van der Waals surface area contributed by atoms with Gasteiger partial charge in [0.25, 0.3) is 0 Å². The largest absolute Gasteiger partial charge is 1.00 e. The molecule has 0 aromatic heterocycles. The molecule has 0 atom stereocenters. The summed E-state index contributed by atoms with van der Waals surface area (Å²) >= 11 is 5.50. The zero-order valence-electron chi connectivity index (χ0n) is 20.7. The minimum atomic E-state index is -4.53. The summed E-state index contributed by atoms with van der Waals surface area (Å²) in [6, 6.07) is 22.5. The molecule has 0 aliphatic carbocycles. The van der Waals surface area contributed by atoms with Crippen molar-refractivity contribution in [2.75, 3.05) is 0 Å². The molecule has 0 spiro atoms. The number of rotatable bonds is 3. The van der Waals surface area contributed by atoms with E-state index in [0.29, 0.717) is 5.02 Å². The molecule has 0 heterocycles. The third-order valence-electron chi connectivity index (χ3n) is 4.21. The maximum Gasteiger partial charge on any atom is 1.00 e. The Morgan fingerprint density at radius 3 is 1.38 bits per heavy atom. The molecule has 0 saturated heterocycles. The Bertz CT molecular complexity index is 1460. The average Bonchev–Trinajstić information content (AvgIpc) is 2.87. The fourth-order valence-corrected chi connectivity index (χ4v) is 3.06. The Labute approximate surface area is 256 Å². The van der Waals surface area contributed by atoms with Crippen molar-refractivity contribution in [2.45, 2.75) is 4.90 Å². The van der Waals surface area contributed by atoms with Gasteiger partial charge in [0.05, 0.1) is 10.5 Å². The Morgan fingerprint density at radius 1 is 0.625 bits per heavy atom. The zero-order valence-corrected chi connectivity index (χ0v) is 24.3. The van der Waals surface area contributed by atoms with Crippen LogP contribution in [0.5, 0.6) is 23.0 Å². The molecule has 0 aliphatic rings. The number of carboxylic acid groups (broad SMARTS) is 2. The Kier molecular flexibility index (Phi) is 16.1. The number of aromatic hydroxyl groups is 4. The minimum absolute atomic E-state index is 0. The van der Waals surface area contributed by atoms with Crippen LogP contribution < -0.4 is 29.6 Å². The van der Waals surface area contributed by atoms with Crippen LogP contribution in [0, 0.1) is 0 Å². The van der Waals surface area contributed by atoms with Gasteiger partial charge in [-0.2, -0.15) is 0 Å². The van der Waals surface area contributed by atoms with Gasteiger partial charge in [-0.05, 0) is 72.8 Å². The van der Waals surface area contributed by atoms with Gasteiger partial charge in [0.1, 0.15) is 38.7 Å². The molecule has 0 saturated carbocycles. The number of benzene rings is 4. The van der Waals surface area contributed by atoms with E-state index in [0.717, 1.165) is 12.1 Å². The molecule has 0 radical (unpaired) electrons. The van der Waals surface area contributed by atoms with Crippen LogP contribution in [0.15, 0.2) is 102 Å². The van der Waals surface area contributed by atoms with Gasteiger partial charge < -0.3 is 35.2 Å². The summed E-state index contributed by atoms with van der Waals surface area (Å²) in [5.41, 5.74) is 0.111. The third kappa shape index (κ3) is 13.8. The predicted octanol–water partition coefficient (Wildman–Crippen LogP) is 1.53. The van der Waals surface area contributed by atoms with E-state index in [9.17, 15) is 22.6 Å². The van der Waals surface area contributed by atoms with E-state index in [-0.39, 0.29) is 57.9 Å². The molecule has 4 aromatic rings. The van der Waals surface area contributed by atoms with Gasteiger partial charge in [0, 0.05) is 5.02 Å². The third-order valence-corrected chi connectivity index (χ3v) is 5.35. The number of carbonyl (C=O) groups is 2. The maximum absolute atomic E-state index is 10.3.